The van der Waals surface area contributed by atoms with Gasteiger partial charge in [-0.1, -0.05) is 43.3 Å². The SMILES string of the molecule is CCNC/C=C/c1ccc(CO)cc1. The number of likely N-dealkylation sites (N-methyl/N-ethyl adjacent to an activating group) is 1. The average Bonchev–Trinajstić information content (AvgIpc) is 2.25. The highest BCUT2D eigenvalue weighted by molar-refractivity contribution is 5.49. The molecule has 0 aliphatic rings. The van der Waals surface area contributed by atoms with Crippen molar-refractivity contribution in [2.24, 2.45) is 0 Å². The zero-order valence-electron chi connectivity index (χ0n) is 8.53. The van der Waals surface area contributed by atoms with Crippen molar-refractivity contribution in [1.82, 2.24) is 5.32 Å². The van der Waals surface area contributed by atoms with Gasteiger partial charge in [0.25, 0.3) is 0 Å². The van der Waals surface area contributed by atoms with E-state index in [0.29, 0.717) is 0 Å². The highest BCUT2D eigenvalue weighted by atomic mass is 16.3. The summed E-state index contributed by atoms with van der Waals surface area (Å²) in [5.74, 6) is 0. The Balaban J connectivity index is 2.47. The maximum absolute atomic E-state index is 8.85. The first kappa shape index (κ1) is 11.0. The van der Waals surface area contributed by atoms with Crippen LogP contribution in [-0.2, 0) is 6.61 Å². The van der Waals surface area contributed by atoms with Gasteiger partial charge in [-0.15, -0.1) is 0 Å². The van der Waals surface area contributed by atoms with Crippen LogP contribution in [0.2, 0.25) is 0 Å². The first-order valence-corrected chi connectivity index (χ1v) is 4.94. The number of aliphatic hydroxyl groups excluding tert-OH is 1. The van der Waals surface area contributed by atoms with Gasteiger partial charge in [-0.3, -0.25) is 0 Å². The van der Waals surface area contributed by atoms with E-state index in [4.69, 9.17) is 5.11 Å². The monoisotopic (exact) mass is 191 g/mol. The number of aliphatic hydroxyl groups is 1. The van der Waals surface area contributed by atoms with Crippen molar-refractivity contribution in [2.45, 2.75) is 13.5 Å². The van der Waals surface area contributed by atoms with Crippen LogP contribution in [-0.4, -0.2) is 18.2 Å². The molecule has 0 spiro atoms. The van der Waals surface area contributed by atoms with Gasteiger partial charge < -0.3 is 10.4 Å². The number of rotatable bonds is 5. The van der Waals surface area contributed by atoms with Crippen molar-refractivity contribution < 1.29 is 5.11 Å². The fourth-order valence-electron chi connectivity index (χ4n) is 1.16. The molecule has 0 atom stereocenters. The van der Waals surface area contributed by atoms with E-state index in [2.05, 4.69) is 24.4 Å². The molecular weight excluding hydrogens is 174 g/mol. The minimum atomic E-state index is 0.112. The molecule has 1 aromatic rings. The lowest BCUT2D eigenvalue weighted by atomic mass is 10.1. The Labute approximate surface area is 85.3 Å². The van der Waals surface area contributed by atoms with E-state index in [1.807, 2.05) is 24.3 Å². The molecule has 0 unspecified atom stereocenters. The average molecular weight is 191 g/mol. The smallest absolute Gasteiger partial charge is 0.0681 e. The van der Waals surface area contributed by atoms with Crippen LogP contribution in [0.4, 0.5) is 0 Å². The molecule has 0 aliphatic carbocycles. The first-order valence-electron chi connectivity index (χ1n) is 4.94. The van der Waals surface area contributed by atoms with Crippen LogP contribution < -0.4 is 5.32 Å². The Morgan fingerprint density at radius 2 is 2.00 bits per heavy atom. The quantitative estimate of drug-likeness (QED) is 0.696. The van der Waals surface area contributed by atoms with Crippen LogP contribution in [0.3, 0.4) is 0 Å². The van der Waals surface area contributed by atoms with E-state index < -0.39 is 0 Å². The molecular formula is C12H17NO. The second-order valence-electron chi connectivity index (χ2n) is 3.11. The molecule has 0 radical (unpaired) electrons. The molecule has 0 amide bonds. The summed E-state index contributed by atoms with van der Waals surface area (Å²) in [5, 5.41) is 12.1. The lowest BCUT2D eigenvalue weighted by Crippen LogP contribution is -2.11. The summed E-state index contributed by atoms with van der Waals surface area (Å²) >= 11 is 0. The van der Waals surface area contributed by atoms with Gasteiger partial charge in [0, 0.05) is 6.54 Å². The van der Waals surface area contributed by atoms with Crippen LogP contribution in [0.15, 0.2) is 30.3 Å². The second kappa shape index (κ2) is 6.35. The first-order chi connectivity index (χ1) is 6.86. The van der Waals surface area contributed by atoms with Gasteiger partial charge in [-0.2, -0.15) is 0 Å². The minimum absolute atomic E-state index is 0.112. The second-order valence-corrected chi connectivity index (χ2v) is 3.11. The molecule has 0 fully saturated rings. The van der Waals surface area contributed by atoms with Crippen LogP contribution in [0.1, 0.15) is 18.1 Å². The fraction of sp³-hybridized carbons (Fsp3) is 0.333. The third-order valence-electron chi connectivity index (χ3n) is 1.98. The van der Waals surface area contributed by atoms with Gasteiger partial charge in [0.1, 0.15) is 0 Å². The standard InChI is InChI=1S/C12H17NO/c1-2-13-9-3-4-11-5-7-12(10-14)8-6-11/h3-8,13-14H,2,9-10H2,1H3/b4-3+. The van der Waals surface area contributed by atoms with E-state index in [9.17, 15) is 0 Å². The summed E-state index contributed by atoms with van der Waals surface area (Å²) in [6.45, 7) is 4.09. The van der Waals surface area contributed by atoms with Crippen LogP contribution in [0.5, 0.6) is 0 Å². The Kier molecular flexibility index (Phi) is 4.97. The molecule has 2 nitrogen and oxygen atoms in total. The van der Waals surface area contributed by atoms with Crippen molar-refractivity contribution in [3.63, 3.8) is 0 Å². The zero-order chi connectivity index (χ0) is 10.2. The van der Waals surface area contributed by atoms with Gasteiger partial charge >= 0.3 is 0 Å². The summed E-state index contributed by atoms with van der Waals surface area (Å²) in [7, 11) is 0. The van der Waals surface area contributed by atoms with Crippen LogP contribution in [0.25, 0.3) is 6.08 Å². The number of nitrogens with one attached hydrogen (secondary N) is 1. The molecule has 2 heteroatoms. The molecule has 1 aromatic carbocycles. The Morgan fingerprint density at radius 1 is 1.29 bits per heavy atom. The molecule has 14 heavy (non-hydrogen) atoms. The number of benzene rings is 1. The lowest BCUT2D eigenvalue weighted by Gasteiger charge is -1.97. The van der Waals surface area contributed by atoms with Crippen molar-refractivity contribution in [3.8, 4) is 0 Å². The Bertz CT molecular complexity index is 277. The van der Waals surface area contributed by atoms with Crippen molar-refractivity contribution in [1.29, 1.82) is 0 Å². The summed E-state index contributed by atoms with van der Waals surface area (Å²) in [4.78, 5) is 0. The molecule has 0 heterocycles. The van der Waals surface area contributed by atoms with E-state index in [1.165, 1.54) is 5.56 Å². The van der Waals surface area contributed by atoms with E-state index in [1.54, 1.807) is 0 Å². The predicted octanol–water partition coefficient (Wildman–Crippen LogP) is 1.80. The van der Waals surface area contributed by atoms with Crippen molar-refractivity contribution >= 4 is 6.08 Å². The summed E-state index contributed by atoms with van der Waals surface area (Å²) < 4.78 is 0. The van der Waals surface area contributed by atoms with Crippen LogP contribution in [0, 0.1) is 0 Å². The summed E-state index contributed by atoms with van der Waals surface area (Å²) in [6.07, 6.45) is 4.17. The van der Waals surface area contributed by atoms with Crippen molar-refractivity contribution in [3.05, 3.63) is 41.5 Å². The number of hydrogen-bond acceptors (Lipinski definition) is 2. The maximum Gasteiger partial charge on any atom is 0.0681 e. The third kappa shape index (κ3) is 3.73. The maximum atomic E-state index is 8.85. The Morgan fingerprint density at radius 3 is 2.57 bits per heavy atom. The lowest BCUT2D eigenvalue weighted by molar-refractivity contribution is 0.282. The molecule has 1 rings (SSSR count). The molecule has 0 saturated heterocycles. The normalized spacial score (nSPS) is 11.0. The molecule has 76 valence electrons. The van der Waals surface area contributed by atoms with Crippen LogP contribution >= 0.6 is 0 Å². The number of hydrogen-bond donors (Lipinski definition) is 2. The molecule has 0 saturated carbocycles. The molecule has 0 bridgehead atoms. The van der Waals surface area contributed by atoms with Gasteiger partial charge in [0.2, 0.25) is 0 Å². The summed E-state index contributed by atoms with van der Waals surface area (Å²) in [6, 6.07) is 7.89. The fourth-order valence-corrected chi connectivity index (χ4v) is 1.16. The van der Waals surface area contributed by atoms with Gasteiger partial charge in [-0.25, -0.2) is 0 Å². The van der Waals surface area contributed by atoms with Gasteiger partial charge in [0.15, 0.2) is 0 Å². The Hall–Kier alpha value is -1.12. The predicted molar refractivity (Wildman–Crippen MR) is 59.9 cm³/mol. The summed E-state index contributed by atoms with van der Waals surface area (Å²) in [5.41, 5.74) is 2.12. The largest absolute Gasteiger partial charge is 0.392 e. The third-order valence-corrected chi connectivity index (χ3v) is 1.98. The van der Waals surface area contributed by atoms with Gasteiger partial charge in [0.05, 0.1) is 6.61 Å². The molecule has 0 aliphatic heterocycles. The topological polar surface area (TPSA) is 32.3 Å². The van der Waals surface area contributed by atoms with Gasteiger partial charge in [-0.05, 0) is 17.7 Å². The van der Waals surface area contributed by atoms with E-state index in [-0.39, 0.29) is 6.61 Å². The minimum Gasteiger partial charge on any atom is -0.392 e. The molecule has 0 aromatic heterocycles. The van der Waals surface area contributed by atoms with Crippen molar-refractivity contribution in [2.75, 3.05) is 13.1 Å². The molecule has 2 N–H and O–H groups in total. The van der Waals surface area contributed by atoms with E-state index >= 15 is 0 Å². The zero-order valence-corrected chi connectivity index (χ0v) is 8.53. The highest BCUT2D eigenvalue weighted by Gasteiger charge is 1.88. The van der Waals surface area contributed by atoms with E-state index in [0.717, 1.165) is 18.7 Å². The highest BCUT2D eigenvalue weighted by Crippen LogP contribution is 2.05.